The van der Waals surface area contributed by atoms with Gasteiger partial charge in [0.15, 0.2) is 0 Å². The number of carbonyl (C=O) groups is 1. The Labute approximate surface area is 174 Å². The third-order valence-electron chi connectivity index (χ3n) is 4.31. The van der Waals surface area contributed by atoms with E-state index in [1.54, 1.807) is 59.5 Å². The van der Waals surface area contributed by atoms with Crippen LogP contribution in [-0.2, 0) is 10.0 Å². The minimum absolute atomic E-state index is 0.169. The maximum atomic E-state index is 12.5. The van der Waals surface area contributed by atoms with Crippen LogP contribution >= 0.6 is 0 Å². The van der Waals surface area contributed by atoms with E-state index >= 15 is 0 Å². The average molecular weight is 418 g/mol. The molecule has 0 aliphatic carbocycles. The molecule has 8 heteroatoms. The standard InChI is InChI=1S/C22H18N4O3S/c27-22(24-19-15-23-26(16-19)20-7-3-1-4-8-20)17-11-13-18(14-12-17)25-30(28,29)21-9-5-2-6-10-21/h1-16,25H,(H,24,27). The summed E-state index contributed by atoms with van der Waals surface area (Å²) in [6.07, 6.45) is 3.28. The Morgan fingerprint density at radius 3 is 2.10 bits per heavy atom. The predicted molar refractivity (Wildman–Crippen MR) is 115 cm³/mol. The minimum atomic E-state index is -3.68. The van der Waals surface area contributed by atoms with Crippen LogP contribution in [-0.4, -0.2) is 24.1 Å². The zero-order valence-corrected chi connectivity index (χ0v) is 16.6. The molecule has 0 unspecified atom stereocenters. The molecule has 0 spiro atoms. The third kappa shape index (κ3) is 4.39. The molecule has 0 saturated heterocycles. The number of sulfonamides is 1. The number of hydrogen-bond acceptors (Lipinski definition) is 4. The number of nitrogens with zero attached hydrogens (tertiary/aromatic N) is 2. The van der Waals surface area contributed by atoms with Gasteiger partial charge in [-0.2, -0.15) is 5.10 Å². The summed E-state index contributed by atoms with van der Waals surface area (Å²) in [6, 6.07) is 23.8. The lowest BCUT2D eigenvalue weighted by molar-refractivity contribution is 0.102. The molecule has 2 N–H and O–H groups in total. The summed E-state index contributed by atoms with van der Waals surface area (Å²) < 4.78 is 28.9. The van der Waals surface area contributed by atoms with Gasteiger partial charge in [0.25, 0.3) is 15.9 Å². The second-order valence-corrected chi connectivity index (χ2v) is 8.14. The summed E-state index contributed by atoms with van der Waals surface area (Å²) in [4.78, 5) is 12.7. The summed E-state index contributed by atoms with van der Waals surface area (Å²) in [6.45, 7) is 0. The molecule has 0 fully saturated rings. The predicted octanol–water partition coefficient (Wildman–Crippen LogP) is 3.93. The minimum Gasteiger partial charge on any atom is -0.319 e. The fraction of sp³-hybridized carbons (Fsp3) is 0. The van der Waals surface area contributed by atoms with E-state index in [2.05, 4.69) is 15.1 Å². The second kappa shape index (κ2) is 8.22. The number of rotatable bonds is 6. The van der Waals surface area contributed by atoms with Gasteiger partial charge in [0.2, 0.25) is 0 Å². The van der Waals surface area contributed by atoms with E-state index in [4.69, 9.17) is 0 Å². The number of amides is 1. The highest BCUT2D eigenvalue weighted by Crippen LogP contribution is 2.18. The van der Waals surface area contributed by atoms with Crippen molar-refractivity contribution in [3.8, 4) is 5.69 Å². The molecule has 0 radical (unpaired) electrons. The highest BCUT2D eigenvalue weighted by molar-refractivity contribution is 7.92. The van der Waals surface area contributed by atoms with Crippen LogP contribution in [0.1, 0.15) is 10.4 Å². The van der Waals surface area contributed by atoms with Gasteiger partial charge in [-0.3, -0.25) is 9.52 Å². The van der Waals surface area contributed by atoms with E-state index in [0.717, 1.165) is 5.69 Å². The van der Waals surface area contributed by atoms with Crippen LogP contribution in [0.5, 0.6) is 0 Å². The van der Waals surface area contributed by atoms with Gasteiger partial charge in [-0.25, -0.2) is 13.1 Å². The van der Waals surface area contributed by atoms with Gasteiger partial charge in [0, 0.05) is 11.3 Å². The van der Waals surface area contributed by atoms with Gasteiger partial charge in [0.05, 0.1) is 28.7 Å². The van der Waals surface area contributed by atoms with Crippen molar-refractivity contribution in [2.24, 2.45) is 0 Å². The lowest BCUT2D eigenvalue weighted by Crippen LogP contribution is -2.14. The Kier molecular flexibility index (Phi) is 5.32. The summed E-state index contributed by atoms with van der Waals surface area (Å²) in [5.74, 6) is -0.319. The van der Waals surface area contributed by atoms with Crippen LogP contribution < -0.4 is 10.0 Å². The lowest BCUT2D eigenvalue weighted by atomic mass is 10.2. The first-order valence-electron chi connectivity index (χ1n) is 9.11. The van der Waals surface area contributed by atoms with Gasteiger partial charge >= 0.3 is 0 Å². The number of nitrogens with one attached hydrogen (secondary N) is 2. The van der Waals surface area contributed by atoms with E-state index in [1.165, 1.54) is 12.1 Å². The normalized spacial score (nSPS) is 11.1. The topological polar surface area (TPSA) is 93.1 Å². The van der Waals surface area contributed by atoms with E-state index in [-0.39, 0.29) is 10.8 Å². The Morgan fingerprint density at radius 1 is 0.800 bits per heavy atom. The first-order valence-corrected chi connectivity index (χ1v) is 10.6. The van der Waals surface area contributed by atoms with Gasteiger partial charge in [-0.1, -0.05) is 36.4 Å². The molecule has 30 heavy (non-hydrogen) atoms. The number of carbonyl (C=O) groups excluding carboxylic acids is 1. The Morgan fingerprint density at radius 2 is 1.43 bits per heavy atom. The molecule has 4 rings (SSSR count). The fourth-order valence-corrected chi connectivity index (χ4v) is 3.90. The number of para-hydroxylation sites is 1. The smallest absolute Gasteiger partial charge is 0.261 e. The Hall–Kier alpha value is -3.91. The molecule has 7 nitrogen and oxygen atoms in total. The summed E-state index contributed by atoms with van der Waals surface area (Å²) in [5, 5.41) is 7.02. The lowest BCUT2D eigenvalue weighted by Gasteiger charge is -2.09. The molecule has 3 aromatic carbocycles. The van der Waals surface area contributed by atoms with E-state index in [9.17, 15) is 13.2 Å². The maximum absolute atomic E-state index is 12.5. The number of anilines is 2. The molecule has 0 aliphatic rings. The van der Waals surface area contributed by atoms with Crippen LogP contribution in [0.15, 0.2) is 102 Å². The zero-order valence-electron chi connectivity index (χ0n) is 15.8. The quantitative estimate of drug-likeness (QED) is 0.496. The summed E-state index contributed by atoms with van der Waals surface area (Å²) >= 11 is 0. The first-order chi connectivity index (χ1) is 14.5. The second-order valence-electron chi connectivity index (χ2n) is 6.46. The Bertz CT molecular complexity index is 1250. The highest BCUT2D eigenvalue weighted by atomic mass is 32.2. The van der Waals surface area contributed by atoms with Crippen molar-refractivity contribution < 1.29 is 13.2 Å². The molecule has 1 heterocycles. The maximum Gasteiger partial charge on any atom is 0.261 e. The Balaban J connectivity index is 1.43. The molecular formula is C22H18N4O3S. The van der Waals surface area contributed by atoms with Crippen molar-refractivity contribution in [3.05, 3.63) is 103 Å². The van der Waals surface area contributed by atoms with Gasteiger partial charge < -0.3 is 5.32 Å². The van der Waals surface area contributed by atoms with Gasteiger partial charge in [-0.05, 0) is 48.5 Å². The summed E-state index contributed by atoms with van der Waals surface area (Å²) in [5.41, 5.74) is 2.20. The molecular weight excluding hydrogens is 400 g/mol. The van der Waals surface area contributed by atoms with Crippen LogP contribution in [0.4, 0.5) is 11.4 Å². The monoisotopic (exact) mass is 418 g/mol. The van der Waals surface area contributed by atoms with E-state index in [0.29, 0.717) is 16.9 Å². The molecule has 1 aromatic heterocycles. The van der Waals surface area contributed by atoms with Crippen molar-refractivity contribution >= 4 is 27.3 Å². The van der Waals surface area contributed by atoms with Crippen molar-refractivity contribution in [2.75, 3.05) is 10.0 Å². The molecule has 0 aliphatic heterocycles. The van der Waals surface area contributed by atoms with Crippen LogP contribution in [0.3, 0.4) is 0 Å². The molecule has 0 bridgehead atoms. The van der Waals surface area contributed by atoms with Crippen LogP contribution in [0.25, 0.3) is 5.69 Å². The molecule has 4 aromatic rings. The molecule has 0 atom stereocenters. The number of aromatic nitrogens is 2. The van der Waals surface area contributed by atoms with Crippen molar-refractivity contribution in [2.45, 2.75) is 4.90 Å². The van der Waals surface area contributed by atoms with Crippen molar-refractivity contribution in [1.82, 2.24) is 9.78 Å². The third-order valence-corrected chi connectivity index (χ3v) is 5.71. The SMILES string of the molecule is O=C(Nc1cnn(-c2ccccc2)c1)c1ccc(NS(=O)(=O)c2ccccc2)cc1. The van der Waals surface area contributed by atoms with Crippen LogP contribution in [0.2, 0.25) is 0 Å². The summed E-state index contributed by atoms with van der Waals surface area (Å²) in [7, 11) is -3.68. The van der Waals surface area contributed by atoms with Crippen LogP contribution in [0, 0.1) is 0 Å². The fourth-order valence-electron chi connectivity index (χ4n) is 2.82. The molecule has 1 amide bonds. The molecule has 150 valence electrons. The number of benzene rings is 3. The van der Waals surface area contributed by atoms with Crippen molar-refractivity contribution in [1.29, 1.82) is 0 Å². The van der Waals surface area contributed by atoms with Gasteiger partial charge in [0.1, 0.15) is 0 Å². The number of hydrogen-bond donors (Lipinski definition) is 2. The van der Waals surface area contributed by atoms with Crippen molar-refractivity contribution in [3.63, 3.8) is 0 Å². The zero-order chi connectivity index (χ0) is 21.0. The van der Waals surface area contributed by atoms with E-state index < -0.39 is 10.0 Å². The van der Waals surface area contributed by atoms with Gasteiger partial charge in [-0.15, -0.1) is 0 Å². The largest absolute Gasteiger partial charge is 0.319 e. The highest BCUT2D eigenvalue weighted by Gasteiger charge is 2.14. The van der Waals surface area contributed by atoms with E-state index in [1.807, 2.05) is 30.3 Å². The first kappa shape index (κ1) is 19.4. The average Bonchev–Trinajstić information content (AvgIpc) is 3.24. The molecule has 0 saturated carbocycles.